The molecule has 0 aliphatic heterocycles. The molecule has 0 saturated heterocycles. The molecule has 0 spiro atoms. The van der Waals surface area contributed by atoms with Crippen LogP contribution in [0.3, 0.4) is 0 Å². The fourth-order valence-electron chi connectivity index (χ4n) is 1.68. The van der Waals surface area contributed by atoms with Crippen LogP contribution < -0.4 is 5.56 Å². The Balaban J connectivity index is 2.50. The lowest BCUT2D eigenvalue weighted by Gasteiger charge is -2.10. The van der Waals surface area contributed by atoms with Crippen molar-refractivity contribution in [2.75, 3.05) is 0 Å². The molecule has 2 heterocycles. The SMILES string of the molecule is C=CCn1c(O)c(Cc2ccc(I)o2)c(=O)[nH]c1=S. The molecule has 100 valence electrons. The topological polar surface area (TPSA) is 71.2 Å². The van der Waals surface area contributed by atoms with Crippen LogP contribution >= 0.6 is 34.8 Å². The van der Waals surface area contributed by atoms with Crippen LogP contribution in [0.5, 0.6) is 5.88 Å². The number of H-pyrrole nitrogens is 1. The zero-order valence-electron chi connectivity index (χ0n) is 9.85. The van der Waals surface area contributed by atoms with Crippen LogP contribution in [0.25, 0.3) is 0 Å². The molecule has 0 bridgehead atoms. The Morgan fingerprint density at radius 3 is 2.89 bits per heavy atom. The highest BCUT2D eigenvalue weighted by molar-refractivity contribution is 14.1. The second kappa shape index (κ2) is 5.74. The molecule has 2 aromatic rings. The van der Waals surface area contributed by atoms with Crippen molar-refractivity contribution in [1.82, 2.24) is 9.55 Å². The third-order valence-electron chi connectivity index (χ3n) is 2.56. The van der Waals surface area contributed by atoms with E-state index in [0.29, 0.717) is 12.3 Å². The molecule has 0 radical (unpaired) electrons. The van der Waals surface area contributed by atoms with Crippen molar-refractivity contribution in [1.29, 1.82) is 0 Å². The first-order valence-electron chi connectivity index (χ1n) is 5.43. The van der Waals surface area contributed by atoms with E-state index < -0.39 is 5.56 Å². The minimum absolute atomic E-state index is 0.153. The molecule has 2 aromatic heterocycles. The number of halogens is 1. The Kier molecular flexibility index (Phi) is 4.25. The molecule has 2 N–H and O–H groups in total. The number of rotatable bonds is 4. The number of furan rings is 1. The second-order valence-electron chi connectivity index (χ2n) is 3.84. The number of aromatic nitrogens is 2. The summed E-state index contributed by atoms with van der Waals surface area (Å²) in [5.41, 5.74) is -0.185. The zero-order valence-corrected chi connectivity index (χ0v) is 12.8. The molecule has 0 aliphatic rings. The molecular weight excluding hydrogens is 379 g/mol. The van der Waals surface area contributed by atoms with Crippen LogP contribution in [-0.4, -0.2) is 14.7 Å². The summed E-state index contributed by atoms with van der Waals surface area (Å²) in [4.78, 5) is 14.4. The molecule has 0 unspecified atom stereocenters. The molecule has 0 saturated carbocycles. The van der Waals surface area contributed by atoms with Gasteiger partial charge in [-0.15, -0.1) is 6.58 Å². The van der Waals surface area contributed by atoms with Gasteiger partial charge in [-0.2, -0.15) is 0 Å². The molecular formula is C12H11IN2O3S. The average molecular weight is 390 g/mol. The fourth-order valence-corrected chi connectivity index (χ4v) is 2.40. The van der Waals surface area contributed by atoms with Crippen molar-refractivity contribution in [2.45, 2.75) is 13.0 Å². The van der Waals surface area contributed by atoms with Gasteiger partial charge in [-0.3, -0.25) is 14.3 Å². The van der Waals surface area contributed by atoms with Gasteiger partial charge in [-0.25, -0.2) is 0 Å². The van der Waals surface area contributed by atoms with E-state index in [2.05, 4.69) is 11.6 Å². The Morgan fingerprint density at radius 2 is 2.32 bits per heavy atom. The first-order chi connectivity index (χ1) is 9.02. The summed E-state index contributed by atoms with van der Waals surface area (Å²) < 4.78 is 7.70. The molecule has 7 heteroatoms. The van der Waals surface area contributed by atoms with E-state index in [0.717, 1.165) is 3.77 Å². The smallest absolute Gasteiger partial charge is 0.259 e. The normalized spacial score (nSPS) is 10.6. The number of aromatic amines is 1. The summed E-state index contributed by atoms with van der Waals surface area (Å²) in [5, 5.41) is 10.1. The average Bonchev–Trinajstić information content (AvgIpc) is 2.76. The minimum atomic E-state index is -0.408. The maximum Gasteiger partial charge on any atom is 0.259 e. The van der Waals surface area contributed by atoms with Crippen molar-refractivity contribution in [3.8, 4) is 5.88 Å². The van der Waals surface area contributed by atoms with Gasteiger partial charge >= 0.3 is 0 Å². The predicted molar refractivity (Wildman–Crippen MR) is 82.0 cm³/mol. The van der Waals surface area contributed by atoms with Gasteiger partial charge in [0.1, 0.15) is 5.76 Å². The molecule has 0 aromatic carbocycles. The summed E-state index contributed by atoms with van der Waals surface area (Å²) in [6.45, 7) is 3.91. The summed E-state index contributed by atoms with van der Waals surface area (Å²) in [7, 11) is 0. The van der Waals surface area contributed by atoms with E-state index in [-0.39, 0.29) is 22.6 Å². The van der Waals surface area contributed by atoms with Crippen molar-refractivity contribution in [3.63, 3.8) is 0 Å². The third-order valence-corrected chi connectivity index (χ3v) is 3.46. The Hall–Kier alpha value is -1.35. The number of nitrogens with one attached hydrogen (secondary N) is 1. The first-order valence-corrected chi connectivity index (χ1v) is 6.91. The number of hydrogen-bond donors (Lipinski definition) is 2. The Bertz CT molecular complexity index is 729. The molecule has 0 atom stereocenters. The lowest BCUT2D eigenvalue weighted by molar-refractivity contribution is 0.404. The van der Waals surface area contributed by atoms with E-state index >= 15 is 0 Å². The molecule has 0 fully saturated rings. The quantitative estimate of drug-likeness (QED) is 0.478. The number of hydrogen-bond acceptors (Lipinski definition) is 4. The van der Waals surface area contributed by atoms with Crippen molar-refractivity contribution < 1.29 is 9.52 Å². The van der Waals surface area contributed by atoms with E-state index in [1.807, 2.05) is 22.6 Å². The number of allylic oxidation sites excluding steroid dienone is 1. The minimum Gasteiger partial charge on any atom is -0.494 e. The number of nitrogens with zero attached hydrogens (tertiary/aromatic N) is 1. The molecule has 19 heavy (non-hydrogen) atoms. The van der Waals surface area contributed by atoms with Gasteiger partial charge in [0.05, 0.1) is 5.56 Å². The van der Waals surface area contributed by atoms with Crippen molar-refractivity contribution in [2.24, 2.45) is 0 Å². The van der Waals surface area contributed by atoms with Gasteiger partial charge in [-0.05, 0) is 46.9 Å². The first kappa shape index (κ1) is 14.1. The highest BCUT2D eigenvalue weighted by atomic mass is 127. The molecule has 0 amide bonds. The van der Waals surface area contributed by atoms with Gasteiger partial charge in [0.25, 0.3) is 5.56 Å². The third kappa shape index (κ3) is 2.98. The maximum atomic E-state index is 11.9. The fraction of sp³-hybridized carbons (Fsp3) is 0.167. The highest BCUT2D eigenvalue weighted by Crippen LogP contribution is 2.19. The largest absolute Gasteiger partial charge is 0.494 e. The zero-order chi connectivity index (χ0) is 14.0. The van der Waals surface area contributed by atoms with E-state index in [4.69, 9.17) is 16.6 Å². The van der Waals surface area contributed by atoms with Gasteiger partial charge in [0.15, 0.2) is 8.54 Å². The monoisotopic (exact) mass is 390 g/mol. The second-order valence-corrected chi connectivity index (χ2v) is 5.29. The van der Waals surface area contributed by atoms with Crippen LogP contribution in [0.1, 0.15) is 11.3 Å². The molecule has 5 nitrogen and oxygen atoms in total. The summed E-state index contributed by atoms with van der Waals surface area (Å²) in [5.74, 6) is 0.451. The van der Waals surface area contributed by atoms with Gasteiger partial charge < -0.3 is 9.52 Å². The van der Waals surface area contributed by atoms with Crippen LogP contribution in [-0.2, 0) is 13.0 Å². The highest BCUT2D eigenvalue weighted by Gasteiger charge is 2.14. The van der Waals surface area contributed by atoms with Crippen LogP contribution in [0, 0.1) is 8.54 Å². The summed E-state index contributed by atoms with van der Waals surface area (Å²) in [6.07, 6.45) is 1.80. The van der Waals surface area contributed by atoms with Crippen LogP contribution in [0.15, 0.2) is 34.0 Å². The number of aromatic hydroxyl groups is 1. The van der Waals surface area contributed by atoms with Crippen LogP contribution in [0.4, 0.5) is 0 Å². The predicted octanol–water partition coefficient (Wildman–Crippen LogP) is 2.59. The van der Waals surface area contributed by atoms with Gasteiger partial charge in [0.2, 0.25) is 5.88 Å². The standard InChI is InChI=1S/C12H11IN2O3S/c1-2-5-15-11(17)8(10(16)14-12(15)19)6-7-3-4-9(13)18-7/h2-4,17H,1,5-6H2,(H,14,16,19). The van der Waals surface area contributed by atoms with E-state index in [9.17, 15) is 9.90 Å². The van der Waals surface area contributed by atoms with Gasteiger partial charge in [-0.1, -0.05) is 6.08 Å². The molecule has 2 rings (SSSR count). The Morgan fingerprint density at radius 1 is 1.58 bits per heavy atom. The maximum absolute atomic E-state index is 11.9. The van der Waals surface area contributed by atoms with E-state index in [1.165, 1.54) is 4.57 Å². The van der Waals surface area contributed by atoms with Crippen LogP contribution in [0.2, 0.25) is 0 Å². The molecule has 0 aliphatic carbocycles. The van der Waals surface area contributed by atoms with Crippen molar-refractivity contribution in [3.05, 3.63) is 55.0 Å². The van der Waals surface area contributed by atoms with E-state index in [1.54, 1.807) is 18.2 Å². The lowest BCUT2D eigenvalue weighted by atomic mass is 10.2. The lowest BCUT2D eigenvalue weighted by Crippen LogP contribution is -2.19. The Labute approximate surface area is 127 Å². The van der Waals surface area contributed by atoms with Crippen molar-refractivity contribution >= 4 is 34.8 Å². The summed E-state index contributed by atoms with van der Waals surface area (Å²) in [6, 6.07) is 3.56. The van der Waals surface area contributed by atoms with Gasteiger partial charge in [0, 0.05) is 13.0 Å². The summed E-state index contributed by atoms with van der Waals surface area (Å²) >= 11 is 7.03.